The van der Waals surface area contributed by atoms with Gasteiger partial charge in [0.2, 0.25) is 0 Å². The topological polar surface area (TPSA) is 55.6 Å². The molecule has 0 spiro atoms. The van der Waals surface area contributed by atoms with Crippen molar-refractivity contribution < 1.29 is 9.53 Å². The number of nitrogens with zero attached hydrogens (tertiary/aromatic N) is 1. The first-order valence-electron chi connectivity index (χ1n) is 7.95. The largest absolute Gasteiger partial charge is 0.465 e. The summed E-state index contributed by atoms with van der Waals surface area (Å²) in [6.45, 7) is 1.02. The molecule has 1 unspecified atom stereocenters. The zero-order chi connectivity index (χ0) is 14.8. The van der Waals surface area contributed by atoms with Gasteiger partial charge in [0.15, 0.2) is 0 Å². The molecule has 0 aromatic heterocycles. The number of carbonyl (C=O) groups is 1. The molecule has 0 amide bonds. The molecule has 2 fully saturated rings. The molecule has 0 radical (unpaired) electrons. The normalized spacial score (nSPS) is 22.7. The van der Waals surface area contributed by atoms with Crippen LogP contribution in [-0.2, 0) is 4.74 Å². The smallest absolute Gasteiger partial charge is 0.340 e. The van der Waals surface area contributed by atoms with E-state index in [1.165, 1.54) is 45.6 Å². The Morgan fingerprint density at radius 1 is 1.24 bits per heavy atom. The van der Waals surface area contributed by atoms with Crippen molar-refractivity contribution in [1.29, 1.82) is 0 Å². The van der Waals surface area contributed by atoms with Crippen LogP contribution < -0.4 is 10.6 Å². The molecule has 2 aliphatic rings. The molecule has 114 valence electrons. The van der Waals surface area contributed by atoms with Crippen molar-refractivity contribution in [3.05, 3.63) is 23.8 Å². The number of rotatable bonds is 3. The number of methoxy groups -OCH3 is 1. The second-order valence-electron chi connectivity index (χ2n) is 6.22. The summed E-state index contributed by atoms with van der Waals surface area (Å²) in [5.74, 6) is 0.477. The summed E-state index contributed by atoms with van der Waals surface area (Å²) >= 11 is 0. The highest BCUT2D eigenvalue weighted by Gasteiger charge is 2.35. The third kappa shape index (κ3) is 2.71. The first-order chi connectivity index (χ1) is 10.2. The Kier molecular flexibility index (Phi) is 4.04. The Balaban J connectivity index is 1.93. The fraction of sp³-hybridized carbons (Fsp3) is 0.588. The van der Waals surface area contributed by atoms with E-state index in [2.05, 4.69) is 4.90 Å². The van der Waals surface area contributed by atoms with Crippen molar-refractivity contribution in [3.8, 4) is 0 Å². The Hall–Kier alpha value is -1.71. The van der Waals surface area contributed by atoms with Crippen LogP contribution in [0.2, 0.25) is 0 Å². The third-order valence-electron chi connectivity index (χ3n) is 4.98. The van der Waals surface area contributed by atoms with E-state index in [0.29, 0.717) is 17.3 Å². The van der Waals surface area contributed by atoms with Crippen molar-refractivity contribution >= 4 is 17.3 Å². The van der Waals surface area contributed by atoms with Crippen LogP contribution in [0.25, 0.3) is 0 Å². The minimum absolute atomic E-state index is 0.297. The lowest BCUT2D eigenvalue weighted by Crippen LogP contribution is -2.35. The lowest BCUT2D eigenvalue weighted by Gasteiger charge is -2.32. The van der Waals surface area contributed by atoms with Gasteiger partial charge in [-0.1, -0.05) is 12.8 Å². The molecule has 2 N–H and O–H groups in total. The maximum absolute atomic E-state index is 12.1. The molecule has 4 nitrogen and oxygen atoms in total. The van der Waals surface area contributed by atoms with Gasteiger partial charge in [-0.3, -0.25) is 0 Å². The predicted octanol–water partition coefficient (Wildman–Crippen LogP) is 3.21. The van der Waals surface area contributed by atoms with Crippen molar-refractivity contribution in [2.45, 2.75) is 44.6 Å². The second-order valence-corrected chi connectivity index (χ2v) is 6.22. The second kappa shape index (κ2) is 5.96. The van der Waals surface area contributed by atoms with E-state index in [9.17, 15) is 4.79 Å². The molecule has 1 saturated heterocycles. The van der Waals surface area contributed by atoms with Gasteiger partial charge >= 0.3 is 5.97 Å². The molecule has 1 aromatic carbocycles. The van der Waals surface area contributed by atoms with Gasteiger partial charge < -0.3 is 15.4 Å². The molecule has 1 aliphatic heterocycles. The molecule has 1 aromatic rings. The molecular formula is C17H24N2O2. The van der Waals surface area contributed by atoms with Crippen LogP contribution in [0.5, 0.6) is 0 Å². The van der Waals surface area contributed by atoms with Gasteiger partial charge in [-0.15, -0.1) is 0 Å². The quantitative estimate of drug-likeness (QED) is 0.685. The van der Waals surface area contributed by atoms with E-state index in [-0.39, 0.29) is 5.97 Å². The number of hydrogen-bond acceptors (Lipinski definition) is 4. The molecule has 21 heavy (non-hydrogen) atoms. The predicted molar refractivity (Wildman–Crippen MR) is 84.5 cm³/mol. The zero-order valence-corrected chi connectivity index (χ0v) is 12.7. The fourth-order valence-corrected chi connectivity index (χ4v) is 4.00. The number of ether oxygens (including phenoxy) is 1. The van der Waals surface area contributed by atoms with E-state index in [0.717, 1.165) is 18.2 Å². The monoisotopic (exact) mass is 288 g/mol. The number of benzene rings is 1. The molecule has 1 heterocycles. The van der Waals surface area contributed by atoms with Crippen LogP contribution in [0.15, 0.2) is 18.2 Å². The number of esters is 1. The van der Waals surface area contributed by atoms with Gasteiger partial charge in [0.1, 0.15) is 0 Å². The van der Waals surface area contributed by atoms with Crippen molar-refractivity contribution in [1.82, 2.24) is 0 Å². The summed E-state index contributed by atoms with van der Waals surface area (Å²) < 4.78 is 4.93. The maximum Gasteiger partial charge on any atom is 0.340 e. The van der Waals surface area contributed by atoms with Crippen molar-refractivity contribution in [2.75, 3.05) is 24.3 Å². The zero-order valence-electron chi connectivity index (χ0n) is 12.7. The first-order valence-corrected chi connectivity index (χ1v) is 7.95. The van der Waals surface area contributed by atoms with Crippen LogP contribution in [-0.4, -0.2) is 25.7 Å². The Morgan fingerprint density at radius 3 is 2.71 bits per heavy atom. The molecule has 4 heteroatoms. The van der Waals surface area contributed by atoms with E-state index in [1.54, 1.807) is 6.07 Å². The van der Waals surface area contributed by atoms with E-state index >= 15 is 0 Å². The highest BCUT2D eigenvalue weighted by molar-refractivity contribution is 5.97. The summed E-state index contributed by atoms with van der Waals surface area (Å²) in [6.07, 6.45) is 7.77. The fourth-order valence-electron chi connectivity index (χ4n) is 4.00. The van der Waals surface area contributed by atoms with Crippen molar-refractivity contribution in [2.24, 2.45) is 5.92 Å². The molecule has 1 atom stereocenters. The van der Waals surface area contributed by atoms with Crippen LogP contribution in [0.3, 0.4) is 0 Å². The third-order valence-corrected chi connectivity index (χ3v) is 4.98. The lowest BCUT2D eigenvalue weighted by atomic mass is 9.95. The molecule has 1 aliphatic carbocycles. The average molecular weight is 288 g/mol. The standard InChI is InChI=1S/C17H24N2O2/c1-21-17(20)14-11-13(18)8-9-16(14)19-10-4-7-15(19)12-5-2-3-6-12/h8-9,11-12,15H,2-7,10,18H2,1H3. The highest BCUT2D eigenvalue weighted by atomic mass is 16.5. The summed E-state index contributed by atoms with van der Waals surface area (Å²) in [5, 5.41) is 0. The minimum atomic E-state index is -0.297. The molecule has 0 bridgehead atoms. The maximum atomic E-state index is 12.1. The summed E-state index contributed by atoms with van der Waals surface area (Å²) in [4.78, 5) is 14.5. The Morgan fingerprint density at radius 2 is 2.00 bits per heavy atom. The van der Waals surface area contributed by atoms with E-state index in [4.69, 9.17) is 10.5 Å². The minimum Gasteiger partial charge on any atom is -0.465 e. The number of anilines is 2. The Labute approximate surface area is 126 Å². The molecule has 3 rings (SSSR count). The van der Waals surface area contributed by atoms with Crippen LogP contribution in [0.4, 0.5) is 11.4 Å². The Bertz CT molecular complexity index is 524. The number of carbonyl (C=O) groups excluding carboxylic acids is 1. The van der Waals surface area contributed by atoms with Gasteiger partial charge in [-0.05, 0) is 49.8 Å². The summed E-state index contributed by atoms with van der Waals surface area (Å²) in [7, 11) is 1.42. The first kappa shape index (κ1) is 14.2. The lowest BCUT2D eigenvalue weighted by molar-refractivity contribution is 0.0601. The average Bonchev–Trinajstić information content (AvgIpc) is 3.16. The van der Waals surface area contributed by atoms with Gasteiger partial charge in [0, 0.05) is 18.3 Å². The van der Waals surface area contributed by atoms with Crippen LogP contribution in [0.1, 0.15) is 48.9 Å². The van der Waals surface area contributed by atoms with Gasteiger partial charge in [0.05, 0.1) is 18.4 Å². The number of nitrogen functional groups attached to an aromatic ring is 1. The van der Waals surface area contributed by atoms with E-state index < -0.39 is 0 Å². The van der Waals surface area contributed by atoms with Gasteiger partial charge in [0.25, 0.3) is 0 Å². The SMILES string of the molecule is COC(=O)c1cc(N)ccc1N1CCCC1C1CCCC1. The number of hydrogen-bond donors (Lipinski definition) is 1. The van der Waals surface area contributed by atoms with Crippen LogP contribution in [0, 0.1) is 5.92 Å². The molecule has 1 saturated carbocycles. The highest BCUT2D eigenvalue weighted by Crippen LogP contribution is 2.39. The van der Waals surface area contributed by atoms with E-state index in [1.807, 2.05) is 12.1 Å². The van der Waals surface area contributed by atoms with Crippen molar-refractivity contribution in [3.63, 3.8) is 0 Å². The van der Waals surface area contributed by atoms with Crippen LogP contribution >= 0.6 is 0 Å². The number of nitrogens with two attached hydrogens (primary N) is 1. The van der Waals surface area contributed by atoms with Gasteiger partial charge in [-0.2, -0.15) is 0 Å². The summed E-state index contributed by atoms with van der Waals surface area (Å²) in [6, 6.07) is 6.17. The van der Waals surface area contributed by atoms with Gasteiger partial charge in [-0.25, -0.2) is 4.79 Å². The summed E-state index contributed by atoms with van der Waals surface area (Å²) in [5.41, 5.74) is 8.05. The molecular weight excluding hydrogens is 264 g/mol.